The fraction of sp³-hybridized carbons (Fsp3) is 0.545. The van der Waals surface area contributed by atoms with E-state index in [9.17, 15) is 4.79 Å². The minimum Gasteiger partial charge on any atom is -0.367 e. The van der Waals surface area contributed by atoms with Crippen LogP contribution in [0.15, 0.2) is 18.5 Å². The highest BCUT2D eigenvalue weighted by Gasteiger charge is 2.22. The van der Waals surface area contributed by atoms with Crippen molar-refractivity contribution in [1.29, 1.82) is 0 Å². The molecule has 0 saturated heterocycles. The van der Waals surface area contributed by atoms with E-state index in [2.05, 4.69) is 10.3 Å². The zero-order chi connectivity index (χ0) is 10.7. The molecule has 2 rings (SSSR count). The third-order valence-corrected chi connectivity index (χ3v) is 2.87. The van der Waals surface area contributed by atoms with Gasteiger partial charge in [-0.05, 0) is 30.9 Å². The lowest BCUT2D eigenvalue weighted by Gasteiger charge is -2.11. The van der Waals surface area contributed by atoms with Crippen LogP contribution in [0, 0.1) is 0 Å². The van der Waals surface area contributed by atoms with Gasteiger partial charge in [-0.3, -0.25) is 4.79 Å². The number of aromatic nitrogens is 1. The van der Waals surface area contributed by atoms with Crippen molar-refractivity contribution in [3.8, 4) is 0 Å². The molecule has 4 nitrogen and oxygen atoms in total. The van der Waals surface area contributed by atoms with Crippen LogP contribution < -0.4 is 11.1 Å². The highest BCUT2D eigenvalue weighted by molar-refractivity contribution is 5.78. The van der Waals surface area contributed by atoms with Crippen molar-refractivity contribution in [2.45, 2.75) is 37.8 Å². The fourth-order valence-corrected chi connectivity index (χ4v) is 2.08. The van der Waals surface area contributed by atoms with Gasteiger partial charge in [0.1, 0.15) is 0 Å². The Labute approximate surface area is 89.2 Å². The molecule has 0 spiro atoms. The Morgan fingerprint density at radius 3 is 3.07 bits per heavy atom. The molecule has 15 heavy (non-hydrogen) atoms. The quantitative estimate of drug-likeness (QED) is 0.677. The van der Waals surface area contributed by atoms with E-state index in [1.54, 1.807) is 0 Å². The van der Waals surface area contributed by atoms with Gasteiger partial charge in [0.25, 0.3) is 0 Å². The van der Waals surface area contributed by atoms with Gasteiger partial charge >= 0.3 is 0 Å². The SMILES string of the molecule is NC1CCC(NC(=O)Cc2cc[nH]c2)C1. The standard InChI is InChI=1S/C11H17N3O/c12-9-1-2-10(6-9)14-11(15)5-8-3-4-13-7-8/h3-4,7,9-10,13H,1-2,5-6,12H2,(H,14,15). The summed E-state index contributed by atoms with van der Waals surface area (Å²) in [5.41, 5.74) is 6.80. The second-order valence-electron chi connectivity index (χ2n) is 4.23. The predicted octanol–water partition coefficient (Wildman–Crippen LogP) is 0.553. The van der Waals surface area contributed by atoms with Crippen molar-refractivity contribution in [3.63, 3.8) is 0 Å². The summed E-state index contributed by atoms with van der Waals surface area (Å²) >= 11 is 0. The van der Waals surface area contributed by atoms with Gasteiger partial charge in [0.05, 0.1) is 6.42 Å². The molecular weight excluding hydrogens is 190 g/mol. The first-order chi connectivity index (χ1) is 7.24. The first-order valence-electron chi connectivity index (χ1n) is 5.40. The predicted molar refractivity (Wildman–Crippen MR) is 58.3 cm³/mol. The van der Waals surface area contributed by atoms with Gasteiger partial charge in [-0.2, -0.15) is 0 Å². The molecule has 1 aliphatic carbocycles. The van der Waals surface area contributed by atoms with Crippen LogP contribution in [0.25, 0.3) is 0 Å². The number of amides is 1. The van der Waals surface area contributed by atoms with E-state index in [1.807, 2.05) is 18.5 Å². The third kappa shape index (κ3) is 2.83. The van der Waals surface area contributed by atoms with Gasteiger partial charge in [-0.1, -0.05) is 0 Å². The zero-order valence-electron chi connectivity index (χ0n) is 8.70. The number of hydrogen-bond acceptors (Lipinski definition) is 2. The number of carbonyl (C=O) groups excluding carboxylic acids is 1. The van der Waals surface area contributed by atoms with Crippen molar-refractivity contribution in [1.82, 2.24) is 10.3 Å². The molecule has 4 heteroatoms. The Bertz CT molecular complexity index is 321. The van der Waals surface area contributed by atoms with Crippen molar-refractivity contribution in [2.24, 2.45) is 5.73 Å². The molecule has 0 aromatic carbocycles. The topological polar surface area (TPSA) is 70.9 Å². The summed E-state index contributed by atoms with van der Waals surface area (Å²) < 4.78 is 0. The molecule has 0 radical (unpaired) electrons. The number of carbonyl (C=O) groups is 1. The maximum Gasteiger partial charge on any atom is 0.224 e. The molecule has 2 unspecified atom stereocenters. The van der Waals surface area contributed by atoms with E-state index in [-0.39, 0.29) is 18.0 Å². The number of rotatable bonds is 3. The van der Waals surface area contributed by atoms with Crippen LogP contribution in [0.2, 0.25) is 0 Å². The number of nitrogens with two attached hydrogens (primary N) is 1. The molecule has 1 aromatic heterocycles. The van der Waals surface area contributed by atoms with Gasteiger partial charge in [0, 0.05) is 24.5 Å². The molecular formula is C11H17N3O. The monoisotopic (exact) mass is 207 g/mol. The van der Waals surface area contributed by atoms with Crippen molar-refractivity contribution in [2.75, 3.05) is 0 Å². The lowest BCUT2D eigenvalue weighted by Crippen LogP contribution is -2.34. The van der Waals surface area contributed by atoms with Crippen LogP contribution in [-0.2, 0) is 11.2 Å². The minimum atomic E-state index is 0.0914. The van der Waals surface area contributed by atoms with E-state index in [4.69, 9.17) is 5.73 Å². The lowest BCUT2D eigenvalue weighted by molar-refractivity contribution is -0.121. The van der Waals surface area contributed by atoms with Crippen LogP contribution in [0.5, 0.6) is 0 Å². The first kappa shape index (κ1) is 10.2. The van der Waals surface area contributed by atoms with Crippen molar-refractivity contribution in [3.05, 3.63) is 24.0 Å². The third-order valence-electron chi connectivity index (χ3n) is 2.87. The number of H-pyrrole nitrogens is 1. The molecule has 1 aromatic rings. The second kappa shape index (κ2) is 4.49. The molecule has 4 N–H and O–H groups in total. The van der Waals surface area contributed by atoms with Crippen LogP contribution in [0.4, 0.5) is 0 Å². The Morgan fingerprint density at radius 1 is 1.60 bits per heavy atom. The Hall–Kier alpha value is -1.29. The molecule has 1 heterocycles. The maximum absolute atomic E-state index is 11.6. The van der Waals surface area contributed by atoms with Gasteiger partial charge < -0.3 is 16.0 Å². The van der Waals surface area contributed by atoms with Crippen LogP contribution in [0.1, 0.15) is 24.8 Å². The van der Waals surface area contributed by atoms with E-state index in [0.29, 0.717) is 6.42 Å². The molecule has 0 aliphatic heterocycles. The fourth-order valence-electron chi connectivity index (χ4n) is 2.08. The molecule has 1 fully saturated rings. The molecule has 1 amide bonds. The van der Waals surface area contributed by atoms with Gasteiger partial charge in [-0.15, -0.1) is 0 Å². The van der Waals surface area contributed by atoms with E-state index in [1.165, 1.54) is 0 Å². The smallest absolute Gasteiger partial charge is 0.224 e. The maximum atomic E-state index is 11.6. The molecule has 1 aliphatic rings. The number of nitrogens with one attached hydrogen (secondary N) is 2. The van der Waals surface area contributed by atoms with Crippen LogP contribution in [0.3, 0.4) is 0 Å². The van der Waals surface area contributed by atoms with E-state index >= 15 is 0 Å². The molecule has 0 bridgehead atoms. The van der Waals surface area contributed by atoms with Crippen molar-refractivity contribution < 1.29 is 4.79 Å². The molecule has 82 valence electrons. The van der Waals surface area contributed by atoms with Gasteiger partial charge in [0.2, 0.25) is 5.91 Å². The summed E-state index contributed by atoms with van der Waals surface area (Å²) in [5, 5.41) is 3.01. The highest BCUT2D eigenvalue weighted by atomic mass is 16.1. The summed E-state index contributed by atoms with van der Waals surface area (Å²) in [4.78, 5) is 14.5. The van der Waals surface area contributed by atoms with E-state index in [0.717, 1.165) is 24.8 Å². The lowest BCUT2D eigenvalue weighted by atomic mass is 10.2. The summed E-state index contributed by atoms with van der Waals surface area (Å²) in [5.74, 6) is 0.0914. The van der Waals surface area contributed by atoms with Gasteiger partial charge in [-0.25, -0.2) is 0 Å². The molecule has 2 atom stereocenters. The molecule has 1 saturated carbocycles. The minimum absolute atomic E-state index is 0.0914. The number of hydrogen-bond donors (Lipinski definition) is 3. The van der Waals surface area contributed by atoms with Crippen LogP contribution >= 0.6 is 0 Å². The zero-order valence-corrected chi connectivity index (χ0v) is 8.70. The first-order valence-corrected chi connectivity index (χ1v) is 5.40. The summed E-state index contributed by atoms with van der Waals surface area (Å²) in [7, 11) is 0. The Kier molecular flexibility index (Phi) is 3.06. The summed E-state index contributed by atoms with van der Waals surface area (Å²) in [6, 6.07) is 2.47. The number of aromatic amines is 1. The Morgan fingerprint density at radius 2 is 2.47 bits per heavy atom. The van der Waals surface area contributed by atoms with Crippen LogP contribution in [-0.4, -0.2) is 23.0 Å². The largest absolute Gasteiger partial charge is 0.367 e. The van der Waals surface area contributed by atoms with Crippen molar-refractivity contribution >= 4 is 5.91 Å². The average molecular weight is 207 g/mol. The van der Waals surface area contributed by atoms with E-state index < -0.39 is 0 Å². The summed E-state index contributed by atoms with van der Waals surface area (Å²) in [6.07, 6.45) is 7.08. The highest BCUT2D eigenvalue weighted by Crippen LogP contribution is 2.17. The average Bonchev–Trinajstić information content (AvgIpc) is 2.77. The second-order valence-corrected chi connectivity index (χ2v) is 4.23. The van der Waals surface area contributed by atoms with Gasteiger partial charge in [0.15, 0.2) is 0 Å². The summed E-state index contributed by atoms with van der Waals surface area (Å²) in [6.45, 7) is 0. The normalized spacial score (nSPS) is 25.4. The Balaban J connectivity index is 1.78.